The molecule has 0 saturated heterocycles. The zero-order valence-electron chi connectivity index (χ0n) is 9.93. The summed E-state index contributed by atoms with van der Waals surface area (Å²) in [5.74, 6) is -3.89. The van der Waals surface area contributed by atoms with Crippen LogP contribution in [-0.4, -0.2) is 22.0 Å². The highest BCUT2D eigenvalue weighted by atomic mass is 19.1. The lowest BCUT2D eigenvalue weighted by atomic mass is 10.1. The molecule has 0 fully saturated rings. The van der Waals surface area contributed by atoms with Crippen molar-refractivity contribution in [1.82, 2.24) is 4.98 Å². The van der Waals surface area contributed by atoms with Crippen LogP contribution in [0, 0.1) is 11.6 Å². The van der Waals surface area contributed by atoms with Crippen LogP contribution in [0.25, 0.3) is 0 Å². The zero-order valence-corrected chi connectivity index (χ0v) is 9.93. The van der Waals surface area contributed by atoms with Gasteiger partial charge in [0.15, 0.2) is 0 Å². The average molecular weight is 278 g/mol. The number of carbonyl (C=O) groups is 2. The predicted octanol–water partition coefficient (Wildman–Crippen LogP) is 2.31. The second-order valence-corrected chi connectivity index (χ2v) is 3.80. The van der Waals surface area contributed by atoms with E-state index in [1.165, 1.54) is 12.3 Å². The van der Waals surface area contributed by atoms with Crippen molar-refractivity contribution in [2.75, 3.05) is 5.32 Å². The second-order valence-electron chi connectivity index (χ2n) is 3.80. The fraction of sp³-hybridized carbons (Fsp3) is 0. The minimum atomic E-state index is -1.33. The molecule has 0 radical (unpaired) electrons. The Balaban J connectivity index is 2.31. The summed E-state index contributed by atoms with van der Waals surface area (Å²) < 4.78 is 26.1. The maximum Gasteiger partial charge on any atom is 0.338 e. The zero-order chi connectivity index (χ0) is 14.7. The number of carboxylic acid groups (broad SMARTS) is 1. The van der Waals surface area contributed by atoms with E-state index in [0.717, 1.165) is 18.3 Å². The molecule has 0 aliphatic carbocycles. The summed E-state index contributed by atoms with van der Waals surface area (Å²) in [5, 5.41) is 11.1. The van der Waals surface area contributed by atoms with E-state index >= 15 is 0 Å². The highest BCUT2D eigenvalue weighted by molar-refractivity contribution is 6.10. The second kappa shape index (κ2) is 5.43. The maximum atomic E-state index is 13.4. The fourth-order valence-electron chi connectivity index (χ4n) is 1.54. The number of anilines is 1. The Morgan fingerprint density at radius 1 is 1.15 bits per heavy atom. The van der Waals surface area contributed by atoms with Crippen molar-refractivity contribution in [3.8, 4) is 0 Å². The monoisotopic (exact) mass is 278 g/mol. The highest BCUT2D eigenvalue weighted by Gasteiger charge is 2.17. The normalized spacial score (nSPS) is 10.1. The first kappa shape index (κ1) is 13.6. The molecule has 1 aromatic heterocycles. The van der Waals surface area contributed by atoms with Gasteiger partial charge in [-0.2, -0.15) is 0 Å². The number of nitrogens with zero attached hydrogens (tertiary/aromatic N) is 1. The van der Waals surface area contributed by atoms with Crippen LogP contribution < -0.4 is 5.32 Å². The molecule has 1 aromatic carbocycles. The Morgan fingerprint density at radius 2 is 1.90 bits per heavy atom. The van der Waals surface area contributed by atoms with Gasteiger partial charge in [0.05, 0.1) is 16.8 Å². The molecule has 7 heteroatoms. The van der Waals surface area contributed by atoms with Gasteiger partial charge in [-0.15, -0.1) is 0 Å². The van der Waals surface area contributed by atoms with E-state index < -0.39 is 23.5 Å². The summed E-state index contributed by atoms with van der Waals surface area (Å²) in [6.45, 7) is 0. The topological polar surface area (TPSA) is 79.3 Å². The summed E-state index contributed by atoms with van der Waals surface area (Å²) in [6.07, 6.45) is 2.25. The third-order valence-corrected chi connectivity index (χ3v) is 2.48. The molecule has 0 aliphatic rings. The number of rotatable bonds is 3. The number of benzene rings is 1. The first-order valence-electron chi connectivity index (χ1n) is 5.42. The van der Waals surface area contributed by atoms with Gasteiger partial charge in [-0.3, -0.25) is 9.78 Å². The van der Waals surface area contributed by atoms with Crippen molar-refractivity contribution < 1.29 is 23.5 Å². The van der Waals surface area contributed by atoms with Crippen molar-refractivity contribution in [2.24, 2.45) is 0 Å². The molecule has 0 saturated carbocycles. The molecule has 0 spiro atoms. The molecule has 2 rings (SSSR count). The van der Waals surface area contributed by atoms with E-state index in [4.69, 9.17) is 5.11 Å². The van der Waals surface area contributed by atoms with E-state index in [0.29, 0.717) is 6.07 Å². The van der Waals surface area contributed by atoms with Crippen molar-refractivity contribution in [2.45, 2.75) is 0 Å². The number of halogens is 2. The fourth-order valence-corrected chi connectivity index (χ4v) is 1.54. The third-order valence-electron chi connectivity index (χ3n) is 2.48. The predicted molar refractivity (Wildman–Crippen MR) is 65.5 cm³/mol. The van der Waals surface area contributed by atoms with Crippen LogP contribution in [0.2, 0.25) is 0 Å². The number of aromatic carboxylic acids is 1. The van der Waals surface area contributed by atoms with Crippen LogP contribution >= 0.6 is 0 Å². The van der Waals surface area contributed by atoms with Crippen molar-refractivity contribution in [3.05, 3.63) is 59.4 Å². The number of carbonyl (C=O) groups excluding carboxylic acids is 1. The largest absolute Gasteiger partial charge is 0.478 e. The molecule has 0 unspecified atom stereocenters. The minimum absolute atomic E-state index is 0.170. The lowest BCUT2D eigenvalue weighted by Gasteiger charge is -2.08. The number of carboxylic acids is 1. The molecule has 0 aliphatic heterocycles. The minimum Gasteiger partial charge on any atom is -0.478 e. The van der Waals surface area contributed by atoms with Crippen molar-refractivity contribution in [1.29, 1.82) is 0 Å². The SMILES string of the molecule is O=C(O)c1cnccc1C(=O)Nc1ccc(F)cc1F. The summed E-state index contributed by atoms with van der Waals surface area (Å²) >= 11 is 0. The number of hydrogen-bond donors (Lipinski definition) is 2. The Morgan fingerprint density at radius 3 is 2.55 bits per heavy atom. The summed E-state index contributed by atoms with van der Waals surface area (Å²) in [7, 11) is 0. The number of nitrogens with one attached hydrogen (secondary N) is 1. The van der Waals surface area contributed by atoms with Gasteiger partial charge in [0.2, 0.25) is 0 Å². The standard InChI is InChI=1S/C13H8F2N2O3/c14-7-1-2-11(10(15)5-7)17-12(18)8-3-4-16-6-9(8)13(19)20/h1-6H,(H,17,18)(H,19,20). The summed E-state index contributed by atoms with van der Waals surface area (Å²) in [6, 6.07) is 3.83. The molecule has 5 nitrogen and oxygen atoms in total. The molecule has 1 heterocycles. The Bertz CT molecular complexity index is 689. The van der Waals surface area contributed by atoms with Crippen molar-refractivity contribution in [3.63, 3.8) is 0 Å². The van der Waals surface area contributed by atoms with Crippen LogP contribution in [0.1, 0.15) is 20.7 Å². The molecular formula is C13H8F2N2O3. The molecule has 0 bridgehead atoms. The molecule has 102 valence electrons. The van der Waals surface area contributed by atoms with Gasteiger partial charge in [0, 0.05) is 18.5 Å². The van der Waals surface area contributed by atoms with Crippen LogP contribution in [0.4, 0.5) is 14.5 Å². The van der Waals surface area contributed by atoms with Gasteiger partial charge in [-0.1, -0.05) is 0 Å². The molecule has 0 atom stereocenters. The Kier molecular flexibility index (Phi) is 3.69. The number of aromatic nitrogens is 1. The number of hydrogen-bond acceptors (Lipinski definition) is 3. The van der Waals surface area contributed by atoms with Gasteiger partial charge >= 0.3 is 5.97 Å². The van der Waals surface area contributed by atoms with Gasteiger partial charge < -0.3 is 10.4 Å². The molecule has 20 heavy (non-hydrogen) atoms. The van der Waals surface area contributed by atoms with Gasteiger partial charge in [-0.25, -0.2) is 13.6 Å². The lowest BCUT2D eigenvalue weighted by Crippen LogP contribution is -2.17. The molecule has 1 amide bonds. The molecular weight excluding hydrogens is 270 g/mol. The Hall–Kier alpha value is -2.83. The Labute approximate surface area is 111 Å². The summed E-state index contributed by atoms with van der Waals surface area (Å²) in [5.41, 5.74) is -0.728. The van der Waals surface area contributed by atoms with E-state index in [1.54, 1.807) is 0 Å². The van der Waals surface area contributed by atoms with Crippen LogP contribution in [0.5, 0.6) is 0 Å². The molecule has 2 N–H and O–H groups in total. The van der Waals surface area contributed by atoms with E-state index in [-0.39, 0.29) is 16.8 Å². The van der Waals surface area contributed by atoms with E-state index in [1.807, 2.05) is 0 Å². The highest BCUT2D eigenvalue weighted by Crippen LogP contribution is 2.17. The number of pyridine rings is 1. The maximum absolute atomic E-state index is 13.4. The lowest BCUT2D eigenvalue weighted by molar-refractivity contribution is 0.0692. The first-order chi connectivity index (χ1) is 9.49. The van der Waals surface area contributed by atoms with Crippen molar-refractivity contribution >= 4 is 17.6 Å². The number of amides is 1. The first-order valence-corrected chi connectivity index (χ1v) is 5.42. The van der Waals surface area contributed by atoms with Crippen LogP contribution in [0.3, 0.4) is 0 Å². The third kappa shape index (κ3) is 2.77. The van der Waals surface area contributed by atoms with Crippen LogP contribution in [0.15, 0.2) is 36.7 Å². The van der Waals surface area contributed by atoms with Gasteiger partial charge in [0.1, 0.15) is 11.6 Å². The average Bonchev–Trinajstić information content (AvgIpc) is 2.41. The summed E-state index contributed by atoms with van der Waals surface area (Å²) in [4.78, 5) is 26.5. The van der Waals surface area contributed by atoms with Gasteiger partial charge in [0.25, 0.3) is 5.91 Å². The van der Waals surface area contributed by atoms with Crippen LogP contribution in [-0.2, 0) is 0 Å². The van der Waals surface area contributed by atoms with E-state index in [9.17, 15) is 18.4 Å². The van der Waals surface area contributed by atoms with E-state index in [2.05, 4.69) is 10.3 Å². The smallest absolute Gasteiger partial charge is 0.338 e. The molecule has 2 aromatic rings. The van der Waals surface area contributed by atoms with Gasteiger partial charge in [-0.05, 0) is 18.2 Å². The quantitative estimate of drug-likeness (QED) is 0.903.